The Morgan fingerprint density at radius 1 is 1.12 bits per heavy atom. The summed E-state index contributed by atoms with van der Waals surface area (Å²) in [6, 6.07) is 8.21. The van der Waals surface area contributed by atoms with Gasteiger partial charge in [0.05, 0.1) is 5.69 Å². The molecule has 0 spiro atoms. The van der Waals surface area contributed by atoms with Gasteiger partial charge in [0.25, 0.3) is 0 Å². The summed E-state index contributed by atoms with van der Waals surface area (Å²) in [5, 5.41) is 11.9. The van der Waals surface area contributed by atoms with E-state index in [0.29, 0.717) is 0 Å². The lowest BCUT2D eigenvalue weighted by molar-refractivity contribution is 0.396. The molecule has 1 aromatic carbocycles. The van der Waals surface area contributed by atoms with E-state index >= 15 is 0 Å². The van der Waals surface area contributed by atoms with Crippen molar-refractivity contribution >= 4 is 0 Å². The highest BCUT2D eigenvalue weighted by molar-refractivity contribution is 5.33. The first-order chi connectivity index (χ1) is 7.96. The highest BCUT2D eigenvalue weighted by Crippen LogP contribution is 2.20. The predicted molar refractivity (Wildman–Crippen MR) is 67.1 cm³/mol. The summed E-state index contributed by atoms with van der Waals surface area (Å²) in [5.41, 5.74) is 2.43. The monoisotopic (exact) mass is 230 g/mol. The fourth-order valence-corrected chi connectivity index (χ4v) is 1.68. The minimum absolute atomic E-state index is 0.178. The highest BCUT2D eigenvalue weighted by Gasteiger charge is 2.17. The molecule has 90 valence electrons. The van der Waals surface area contributed by atoms with Crippen LogP contribution in [0.3, 0.4) is 0 Å². The van der Waals surface area contributed by atoms with Gasteiger partial charge in [0.15, 0.2) is 5.82 Å². The molecular formula is C13H18N4. The zero-order valence-electron chi connectivity index (χ0n) is 10.8. The average molecular weight is 230 g/mol. The van der Waals surface area contributed by atoms with Gasteiger partial charge >= 0.3 is 0 Å². The largest absolute Gasteiger partial charge is 0.197 e. The molecular weight excluding hydrogens is 212 g/mol. The standard InChI is InChI=1S/C13H18N4/c1-10-5-7-11(8-6-10)17-12(14-15-16-17)9-13(2,3)4/h5-8H,9H2,1-4H3. The molecule has 0 aliphatic heterocycles. The molecule has 0 saturated carbocycles. The van der Waals surface area contributed by atoms with Gasteiger partial charge in [0.2, 0.25) is 0 Å². The Hall–Kier alpha value is -1.71. The van der Waals surface area contributed by atoms with Crippen LogP contribution in [0.25, 0.3) is 5.69 Å². The van der Waals surface area contributed by atoms with Crippen LogP contribution in [0.2, 0.25) is 0 Å². The molecule has 0 atom stereocenters. The van der Waals surface area contributed by atoms with Crippen molar-refractivity contribution in [3.05, 3.63) is 35.7 Å². The molecule has 2 rings (SSSR count). The minimum Gasteiger partial charge on any atom is -0.197 e. The molecule has 0 radical (unpaired) electrons. The van der Waals surface area contributed by atoms with Gasteiger partial charge in [-0.05, 0) is 34.9 Å². The van der Waals surface area contributed by atoms with Crippen molar-refractivity contribution in [2.75, 3.05) is 0 Å². The van der Waals surface area contributed by atoms with E-state index in [1.54, 1.807) is 0 Å². The third-order valence-electron chi connectivity index (χ3n) is 2.50. The van der Waals surface area contributed by atoms with Crippen LogP contribution in [0.1, 0.15) is 32.2 Å². The Balaban J connectivity index is 2.33. The van der Waals surface area contributed by atoms with Crippen molar-refractivity contribution in [3.8, 4) is 5.69 Å². The molecule has 2 aromatic rings. The van der Waals surface area contributed by atoms with Crippen LogP contribution < -0.4 is 0 Å². The van der Waals surface area contributed by atoms with Crippen LogP contribution in [0.15, 0.2) is 24.3 Å². The van der Waals surface area contributed by atoms with Crippen molar-refractivity contribution in [3.63, 3.8) is 0 Å². The summed E-state index contributed by atoms with van der Waals surface area (Å²) < 4.78 is 1.81. The topological polar surface area (TPSA) is 43.6 Å². The van der Waals surface area contributed by atoms with Crippen LogP contribution in [-0.4, -0.2) is 20.2 Å². The fourth-order valence-electron chi connectivity index (χ4n) is 1.68. The van der Waals surface area contributed by atoms with Gasteiger partial charge in [0, 0.05) is 6.42 Å². The van der Waals surface area contributed by atoms with Crippen molar-refractivity contribution < 1.29 is 0 Å². The number of aromatic nitrogens is 4. The maximum atomic E-state index is 4.10. The average Bonchev–Trinajstić information content (AvgIpc) is 2.64. The zero-order valence-corrected chi connectivity index (χ0v) is 10.8. The van der Waals surface area contributed by atoms with Gasteiger partial charge in [-0.25, -0.2) is 0 Å². The van der Waals surface area contributed by atoms with Crippen molar-refractivity contribution in [1.29, 1.82) is 0 Å². The molecule has 17 heavy (non-hydrogen) atoms. The van der Waals surface area contributed by atoms with Gasteiger partial charge in [-0.3, -0.25) is 0 Å². The SMILES string of the molecule is Cc1ccc(-n2nnnc2CC(C)(C)C)cc1. The van der Waals surface area contributed by atoms with Crippen LogP contribution in [0.5, 0.6) is 0 Å². The van der Waals surface area contributed by atoms with Gasteiger partial charge < -0.3 is 0 Å². The van der Waals surface area contributed by atoms with Crippen molar-refractivity contribution in [2.24, 2.45) is 5.41 Å². The molecule has 0 amide bonds. The third kappa shape index (κ3) is 2.90. The van der Waals surface area contributed by atoms with Crippen LogP contribution in [-0.2, 0) is 6.42 Å². The van der Waals surface area contributed by atoms with E-state index in [1.807, 2.05) is 16.8 Å². The van der Waals surface area contributed by atoms with E-state index in [9.17, 15) is 0 Å². The van der Waals surface area contributed by atoms with Gasteiger partial charge in [-0.1, -0.05) is 38.5 Å². The Labute approximate surface area is 102 Å². The van der Waals surface area contributed by atoms with Gasteiger partial charge in [-0.2, -0.15) is 4.68 Å². The summed E-state index contributed by atoms with van der Waals surface area (Å²) in [6.07, 6.45) is 0.855. The number of rotatable bonds is 2. The van der Waals surface area contributed by atoms with E-state index in [-0.39, 0.29) is 5.41 Å². The molecule has 0 N–H and O–H groups in total. The van der Waals surface area contributed by atoms with Crippen molar-refractivity contribution in [1.82, 2.24) is 20.2 Å². The second-order valence-electron chi connectivity index (χ2n) is 5.58. The second-order valence-corrected chi connectivity index (χ2v) is 5.58. The molecule has 1 aromatic heterocycles. The molecule has 0 bridgehead atoms. The summed E-state index contributed by atoms with van der Waals surface area (Å²) >= 11 is 0. The first kappa shape index (κ1) is 11.8. The normalized spacial score (nSPS) is 11.8. The molecule has 0 aliphatic carbocycles. The molecule has 0 unspecified atom stereocenters. The first-order valence-electron chi connectivity index (χ1n) is 5.80. The number of tetrazole rings is 1. The van der Waals surface area contributed by atoms with E-state index in [2.05, 4.69) is 55.4 Å². The minimum atomic E-state index is 0.178. The number of benzene rings is 1. The fraction of sp³-hybridized carbons (Fsp3) is 0.462. The van der Waals surface area contributed by atoms with Crippen LogP contribution in [0, 0.1) is 12.3 Å². The second kappa shape index (κ2) is 4.28. The predicted octanol–water partition coefficient (Wildman–Crippen LogP) is 2.56. The van der Waals surface area contributed by atoms with E-state index < -0.39 is 0 Å². The first-order valence-corrected chi connectivity index (χ1v) is 5.80. The highest BCUT2D eigenvalue weighted by atomic mass is 15.5. The molecule has 0 aliphatic rings. The summed E-state index contributed by atoms with van der Waals surface area (Å²) in [5.74, 6) is 0.904. The quantitative estimate of drug-likeness (QED) is 0.796. The van der Waals surface area contributed by atoms with Gasteiger partial charge in [0.1, 0.15) is 0 Å². The van der Waals surface area contributed by atoms with Crippen LogP contribution in [0.4, 0.5) is 0 Å². The smallest absolute Gasteiger partial charge is 0.157 e. The maximum absolute atomic E-state index is 4.10. The van der Waals surface area contributed by atoms with E-state index in [4.69, 9.17) is 0 Å². The number of hydrogen-bond acceptors (Lipinski definition) is 3. The molecule has 1 heterocycles. The lowest BCUT2D eigenvalue weighted by atomic mass is 9.92. The Bertz CT molecular complexity index is 491. The zero-order chi connectivity index (χ0) is 12.5. The van der Waals surface area contributed by atoms with Gasteiger partial charge in [-0.15, -0.1) is 5.10 Å². The third-order valence-corrected chi connectivity index (χ3v) is 2.50. The van der Waals surface area contributed by atoms with Crippen molar-refractivity contribution in [2.45, 2.75) is 34.1 Å². The molecule has 0 fully saturated rings. The Morgan fingerprint density at radius 3 is 2.35 bits per heavy atom. The van der Waals surface area contributed by atoms with Crippen LogP contribution >= 0.6 is 0 Å². The van der Waals surface area contributed by atoms with E-state index in [1.165, 1.54) is 5.56 Å². The number of nitrogens with zero attached hydrogens (tertiary/aromatic N) is 4. The molecule has 4 nitrogen and oxygen atoms in total. The molecule has 4 heteroatoms. The van der Waals surface area contributed by atoms with E-state index in [0.717, 1.165) is 17.9 Å². The Morgan fingerprint density at radius 2 is 1.76 bits per heavy atom. The molecule has 0 saturated heterocycles. The summed E-state index contributed by atoms with van der Waals surface area (Å²) in [6.45, 7) is 8.61. The summed E-state index contributed by atoms with van der Waals surface area (Å²) in [4.78, 5) is 0. The number of hydrogen-bond donors (Lipinski definition) is 0. The lowest BCUT2D eigenvalue weighted by Gasteiger charge is -2.16. The summed E-state index contributed by atoms with van der Waals surface area (Å²) in [7, 11) is 0. The lowest BCUT2D eigenvalue weighted by Crippen LogP contribution is -2.14. The number of aryl methyl sites for hydroxylation is 1. The Kier molecular flexibility index (Phi) is 2.96. The maximum Gasteiger partial charge on any atom is 0.157 e.